The third kappa shape index (κ3) is 5.83. The van der Waals surface area contributed by atoms with Gasteiger partial charge in [0.2, 0.25) is 5.91 Å². The average molecular weight is 255 g/mol. The second kappa shape index (κ2) is 8.48. The van der Waals surface area contributed by atoms with Crippen molar-refractivity contribution >= 4 is 5.91 Å². The van der Waals surface area contributed by atoms with Gasteiger partial charge in [-0.3, -0.25) is 4.79 Å². The molecule has 1 rings (SSSR count). The summed E-state index contributed by atoms with van der Waals surface area (Å²) in [6, 6.07) is -0.336. The lowest BCUT2D eigenvalue weighted by Crippen LogP contribution is -2.44. The topological polar surface area (TPSA) is 58.4 Å². The van der Waals surface area contributed by atoms with E-state index < -0.39 is 0 Å². The molecule has 0 aromatic heterocycles. The molecule has 1 amide bonds. The number of hydrogen-bond donors (Lipinski definition) is 2. The molecule has 0 aromatic rings. The highest BCUT2D eigenvalue weighted by atomic mass is 16.2. The van der Waals surface area contributed by atoms with E-state index in [0.717, 1.165) is 25.9 Å². The summed E-state index contributed by atoms with van der Waals surface area (Å²) in [5.41, 5.74) is 5.78. The van der Waals surface area contributed by atoms with Gasteiger partial charge >= 0.3 is 0 Å². The number of hydrogen-bond acceptors (Lipinski definition) is 3. The van der Waals surface area contributed by atoms with Crippen LogP contribution in [-0.2, 0) is 4.79 Å². The summed E-state index contributed by atoms with van der Waals surface area (Å²) in [5.74, 6) is 0.503. The van der Waals surface area contributed by atoms with Crippen molar-refractivity contribution in [3.63, 3.8) is 0 Å². The molecule has 0 bridgehead atoms. The van der Waals surface area contributed by atoms with Gasteiger partial charge < -0.3 is 16.0 Å². The second-order valence-corrected chi connectivity index (χ2v) is 5.61. The van der Waals surface area contributed by atoms with E-state index in [-0.39, 0.29) is 11.9 Å². The van der Waals surface area contributed by atoms with Crippen LogP contribution in [-0.4, -0.2) is 43.0 Å². The highest BCUT2D eigenvalue weighted by Gasteiger charge is 2.16. The predicted octanol–water partition coefficient (Wildman–Crippen LogP) is 1.35. The van der Waals surface area contributed by atoms with Gasteiger partial charge in [-0.05, 0) is 38.3 Å². The zero-order chi connectivity index (χ0) is 13.4. The van der Waals surface area contributed by atoms with Gasteiger partial charge in [0.15, 0.2) is 0 Å². The molecule has 106 valence electrons. The number of nitrogens with two attached hydrogens (primary N) is 1. The van der Waals surface area contributed by atoms with Crippen LogP contribution in [0.5, 0.6) is 0 Å². The Bertz CT molecular complexity index is 239. The molecule has 4 heteroatoms. The molecular formula is C14H29N3O. The van der Waals surface area contributed by atoms with Crippen molar-refractivity contribution in [2.45, 2.75) is 52.0 Å². The summed E-state index contributed by atoms with van der Waals surface area (Å²) >= 11 is 0. The maximum absolute atomic E-state index is 11.7. The quantitative estimate of drug-likeness (QED) is 0.722. The lowest BCUT2D eigenvalue weighted by atomic mass is 10.1. The van der Waals surface area contributed by atoms with E-state index in [0.29, 0.717) is 5.92 Å². The third-order valence-electron chi connectivity index (χ3n) is 3.58. The van der Waals surface area contributed by atoms with Gasteiger partial charge in [0.1, 0.15) is 0 Å². The molecule has 1 saturated heterocycles. The van der Waals surface area contributed by atoms with E-state index in [9.17, 15) is 4.79 Å². The summed E-state index contributed by atoms with van der Waals surface area (Å²) in [5, 5.41) is 2.97. The Morgan fingerprint density at radius 2 is 2.00 bits per heavy atom. The summed E-state index contributed by atoms with van der Waals surface area (Å²) in [4.78, 5) is 14.2. The van der Waals surface area contributed by atoms with Crippen molar-refractivity contribution in [2.24, 2.45) is 11.7 Å². The minimum atomic E-state index is -0.336. The summed E-state index contributed by atoms with van der Waals surface area (Å²) in [7, 11) is 0. The number of amides is 1. The average Bonchev–Trinajstić information content (AvgIpc) is 2.37. The summed E-state index contributed by atoms with van der Waals surface area (Å²) in [6.07, 6.45) is 5.73. The minimum absolute atomic E-state index is 0.00217. The van der Waals surface area contributed by atoms with Gasteiger partial charge in [-0.25, -0.2) is 0 Å². The van der Waals surface area contributed by atoms with E-state index in [1.165, 1.54) is 32.4 Å². The first kappa shape index (κ1) is 15.4. The van der Waals surface area contributed by atoms with Crippen LogP contribution in [0.2, 0.25) is 0 Å². The van der Waals surface area contributed by atoms with E-state index in [4.69, 9.17) is 5.73 Å². The number of carbonyl (C=O) groups excluding carboxylic acids is 1. The van der Waals surface area contributed by atoms with Gasteiger partial charge in [-0.1, -0.05) is 26.7 Å². The number of piperidine rings is 1. The Balaban J connectivity index is 2.15. The standard InChI is InChI=1S/C14H29N3O/c1-3-7-13(15)14(18)16-10-12(2)11-17-8-5-4-6-9-17/h12-13H,3-11,15H2,1-2H3,(H,16,18). The molecule has 0 aliphatic carbocycles. The van der Waals surface area contributed by atoms with Crippen LogP contribution in [0.15, 0.2) is 0 Å². The van der Waals surface area contributed by atoms with Crippen LogP contribution in [0.3, 0.4) is 0 Å². The Kier molecular flexibility index (Phi) is 7.28. The predicted molar refractivity (Wildman–Crippen MR) is 75.3 cm³/mol. The zero-order valence-electron chi connectivity index (χ0n) is 12.0. The van der Waals surface area contributed by atoms with E-state index in [1.807, 2.05) is 6.92 Å². The molecule has 2 atom stereocenters. The maximum atomic E-state index is 11.7. The Hall–Kier alpha value is -0.610. The monoisotopic (exact) mass is 255 g/mol. The largest absolute Gasteiger partial charge is 0.354 e. The van der Waals surface area contributed by atoms with Crippen LogP contribution < -0.4 is 11.1 Å². The van der Waals surface area contributed by atoms with Gasteiger partial charge in [-0.15, -0.1) is 0 Å². The fraction of sp³-hybridized carbons (Fsp3) is 0.929. The van der Waals surface area contributed by atoms with Crippen LogP contribution >= 0.6 is 0 Å². The number of likely N-dealkylation sites (tertiary alicyclic amines) is 1. The van der Waals surface area contributed by atoms with Crippen LogP contribution in [0.25, 0.3) is 0 Å². The van der Waals surface area contributed by atoms with E-state index >= 15 is 0 Å². The first-order valence-corrected chi connectivity index (χ1v) is 7.39. The molecule has 0 spiro atoms. The minimum Gasteiger partial charge on any atom is -0.354 e. The molecule has 3 N–H and O–H groups in total. The lowest BCUT2D eigenvalue weighted by molar-refractivity contribution is -0.122. The highest BCUT2D eigenvalue weighted by Crippen LogP contribution is 2.10. The van der Waals surface area contributed by atoms with Crippen molar-refractivity contribution < 1.29 is 4.79 Å². The maximum Gasteiger partial charge on any atom is 0.236 e. The van der Waals surface area contributed by atoms with Crippen molar-refractivity contribution in [3.8, 4) is 0 Å². The third-order valence-corrected chi connectivity index (χ3v) is 3.58. The van der Waals surface area contributed by atoms with E-state index in [2.05, 4.69) is 17.1 Å². The fourth-order valence-electron chi connectivity index (χ4n) is 2.50. The molecular weight excluding hydrogens is 226 g/mol. The van der Waals surface area contributed by atoms with Gasteiger partial charge in [0.05, 0.1) is 6.04 Å². The molecule has 1 aliphatic rings. The normalized spacial score (nSPS) is 20.4. The second-order valence-electron chi connectivity index (χ2n) is 5.61. The Labute approximate surface area is 111 Å². The van der Waals surface area contributed by atoms with Gasteiger partial charge in [0.25, 0.3) is 0 Å². The number of nitrogens with zero attached hydrogens (tertiary/aromatic N) is 1. The van der Waals surface area contributed by atoms with Crippen molar-refractivity contribution in [3.05, 3.63) is 0 Å². The Morgan fingerprint density at radius 1 is 1.33 bits per heavy atom. The first-order chi connectivity index (χ1) is 8.63. The van der Waals surface area contributed by atoms with Crippen LogP contribution in [0.4, 0.5) is 0 Å². The summed E-state index contributed by atoms with van der Waals surface area (Å²) in [6.45, 7) is 8.50. The fourth-order valence-corrected chi connectivity index (χ4v) is 2.50. The molecule has 0 saturated carbocycles. The number of rotatable bonds is 7. The van der Waals surface area contributed by atoms with Crippen LogP contribution in [0, 0.1) is 5.92 Å². The van der Waals surface area contributed by atoms with Crippen molar-refractivity contribution in [2.75, 3.05) is 26.2 Å². The molecule has 0 aromatic carbocycles. The Morgan fingerprint density at radius 3 is 2.61 bits per heavy atom. The summed E-state index contributed by atoms with van der Waals surface area (Å²) < 4.78 is 0. The molecule has 0 radical (unpaired) electrons. The molecule has 4 nitrogen and oxygen atoms in total. The highest BCUT2D eigenvalue weighted by molar-refractivity contribution is 5.81. The SMILES string of the molecule is CCCC(N)C(=O)NCC(C)CN1CCCCC1. The molecule has 1 fully saturated rings. The van der Waals surface area contributed by atoms with E-state index in [1.54, 1.807) is 0 Å². The smallest absolute Gasteiger partial charge is 0.236 e. The van der Waals surface area contributed by atoms with Crippen molar-refractivity contribution in [1.29, 1.82) is 0 Å². The molecule has 2 unspecified atom stereocenters. The zero-order valence-corrected chi connectivity index (χ0v) is 12.0. The molecule has 18 heavy (non-hydrogen) atoms. The number of carbonyl (C=O) groups is 1. The first-order valence-electron chi connectivity index (χ1n) is 7.39. The van der Waals surface area contributed by atoms with Gasteiger partial charge in [0, 0.05) is 13.1 Å². The molecule has 1 heterocycles. The van der Waals surface area contributed by atoms with Crippen LogP contribution in [0.1, 0.15) is 46.0 Å². The number of nitrogens with one attached hydrogen (secondary N) is 1. The lowest BCUT2D eigenvalue weighted by Gasteiger charge is -2.29. The van der Waals surface area contributed by atoms with Gasteiger partial charge in [-0.2, -0.15) is 0 Å². The molecule has 1 aliphatic heterocycles. The van der Waals surface area contributed by atoms with Crippen molar-refractivity contribution in [1.82, 2.24) is 10.2 Å².